The van der Waals surface area contributed by atoms with Crippen LogP contribution >= 0.6 is 0 Å². The molecule has 1 radical (unpaired) electrons. The predicted octanol–water partition coefficient (Wildman–Crippen LogP) is -1.46. The van der Waals surface area contributed by atoms with Crippen LogP contribution in [0.4, 0.5) is 0 Å². The molecule has 0 aromatic heterocycles. The average Bonchev–Trinajstić information content (AvgIpc) is 0. The van der Waals surface area contributed by atoms with Crippen molar-refractivity contribution in [1.82, 2.24) is 0 Å². The molecule has 0 saturated carbocycles. The molecular weight excluding hydrogens is 361 g/mol. The van der Waals surface area contributed by atoms with E-state index in [0.717, 1.165) is 0 Å². The van der Waals surface area contributed by atoms with Gasteiger partial charge in [0.05, 0.1) is 0 Å². The van der Waals surface area contributed by atoms with E-state index in [0.29, 0.717) is 0 Å². The molecular formula is H4CuHfSiZr. The SMILES string of the molecule is [Cu].[Hf].[SiH4].[Zr]. The summed E-state index contributed by atoms with van der Waals surface area (Å²) in [7, 11) is 0. The molecule has 27 valence electrons. The molecule has 0 aliphatic heterocycles. The topological polar surface area (TPSA) is 0 Å². The molecule has 0 saturated heterocycles. The average molecular weight is 365 g/mol. The summed E-state index contributed by atoms with van der Waals surface area (Å²) in [6.07, 6.45) is 0. The van der Waals surface area contributed by atoms with Crippen molar-refractivity contribution in [1.29, 1.82) is 0 Å². The van der Waals surface area contributed by atoms with Crippen molar-refractivity contribution in [2.45, 2.75) is 0 Å². The van der Waals surface area contributed by atoms with Crippen molar-refractivity contribution in [3.8, 4) is 0 Å². The van der Waals surface area contributed by atoms with Crippen LogP contribution in [0.3, 0.4) is 0 Å². The molecule has 0 rings (SSSR count). The van der Waals surface area contributed by atoms with Gasteiger partial charge in [-0.1, -0.05) is 0 Å². The van der Waals surface area contributed by atoms with Gasteiger partial charge in [0.1, 0.15) is 0 Å². The van der Waals surface area contributed by atoms with Gasteiger partial charge in [-0.15, -0.1) is 0 Å². The summed E-state index contributed by atoms with van der Waals surface area (Å²) in [6.45, 7) is 0. The van der Waals surface area contributed by atoms with E-state index in [2.05, 4.69) is 0 Å². The maximum Gasteiger partial charge on any atom is 0 e. The molecule has 4 heteroatoms. The normalized spacial score (nSPS) is 0. The summed E-state index contributed by atoms with van der Waals surface area (Å²) in [6, 6.07) is 0. The first-order valence-corrected chi connectivity index (χ1v) is 0. The Labute approximate surface area is 78.9 Å². The van der Waals surface area contributed by atoms with Gasteiger partial charge in [0.15, 0.2) is 0 Å². The first-order chi connectivity index (χ1) is 0. The van der Waals surface area contributed by atoms with E-state index < -0.39 is 0 Å². The summed E-state index contributed by atoms with van der Waals surface area (Å²) in [5.74, 6) is 0. The number of hydrogen-bond donors (Lipinski definition) is 0. The Morgan fingerprint density at radius 1 is 1.00 bits per heavy atom. The minimum Gasteiger partial charge on any atom is -0.0149 e. The maximum absolute atomic E-state index is 0. The fourth-order valence-electron chi connectivity index (χ4n) is 0. The largest absolute Gasteiger partial charge is 0.0149 e. The van der Waals surface area contributed by atoms with Gasteiger partial charge in [-0.25, -0.2) is 0 Å². The molecule has 0 nitrogen and oxygen atoms in total. The Hall–Kier alpha value is 2.49. The van der Waals surface area contributed by atoms with Crippen LogP contribution in [0.1, 0.15) is 0 Å². The van der Waals surface area contributed by atoms with Crippen LogP contribution in [0.15, 0.2) is 0 Å². The maximum atomic E-state index is 0. The van der Waals surface area contributed by atoms with Crippen molar-refractivity contribution in [2.75, 3.05) is 0 Å². The first-order valence-electron chi connectivity index (χ1n) is 0. The molecule has 0 spiro atoms. The molecule has 0 aliphatic rings. The monoisotopic (exact) mass is 365 g/mol. The minimum absolute atomic E-state index is 0. The zero-order chi connectivity index (χ0) is 0. The second-order valence-corrected chi connectivity index (χ2v) is 0. The Morgan fingerprint density at radius 3 is 1.00 bits per heavy atom. The van der Waals surface area contributed by atoms with Gasteiger partial charge in [0.25, 0.3) is 0 Å². The quantitative estimate of drug-likeness (QED) is 0.461. The molecule has 0 unspecified atom stereocenters. The van der Waals surface area contributed by atoms with Crippen molar-refractivity contribution in [3.05, 3.63) is 0 Å². The van der Waals surface area contributed by atoms with E-state index in [1.54, 1.807) is 0 Å². The summed E-state index contributed by atoms with van der Waals surface area (Å²) in [5, 5.41) is 0. The third-order valence-corrected chi connectivity index (χ3v) is 0. The number of rotatable bonds is 0. The van der Waals surface area contributed by atoms with Gasteiger partial charge in [0.2, 0.25) is 0 Å². The van der Waals surface area contributed by atoms with E-state index in [4.69, 9.17) is 0 Å². The van der Waals surface area contributed by atoms with Gasteiger partial charge in [-0.2, -0.15) is 0 Å². The molecule has 0 N–H and O–H groups in total. The van der Waals surface area contributed by atoms with Crippen LogP contribution < -0.4 is 0 Å². The van der Waals surface area contributed by atoms with Gasteiger partial charge < -0.3 is 0 Å². The van der Waals surface area contributed by atoms with E-state index >= 15 is 0 Å². The van der Waals surface area contributed by atoms with E-state index in [9.17, 15) is 0 Å². The van der Waals surface area contributed by atoms with E-state index in [1.807, 2.05) is 0 Å². The van der Waals surface area contributed by atoms with Gasteiger partial charge in [-0.3, -0.25) is 0 Å². The first kappa shape index (κ1) is 31.6. The summed E-state index contributed by atoms with van der Waals surface area (Å²) in [5.41, 5.74) is 0. The molecule has 0 atom stereocenters. The third-order valence-electron chi connectivity index (χ3n) is 0. The second kappa shape index (κ2) is 17.9. The molecule has 0 aliphatic carbocycles. The van der Waals surface area contributed by atoms with E-state index in [-0.39, 0.29) is 80.1 Å². The molecule has 0 fully saturated rings. The Kier molecular flexibility index (Phi) is 141. The van der Waals surface area contributed by atoms with Crippen LogP contribution in [0.25, 0.3) is 0 Å². The van der Waals surface area contributed by atoms with Crippen LogP contribution in [0.5, 0.6) is 0 Å². The smallest absolute Gasteiger partial charge is 0 e. The Balaban J connectivity index is 0. The molecule has 0 aromatic rings. The van der Waals surface area contributed by atoms with Gasteiger partial charge in [0, 0.05) is 69.1 Å². The van der Waals surface area contributed by atoms with Crippen LogP contribution in [-0.4, -0.2) is 11.0 Å². The summed E-state index contributed by atoms with van der Waals surface area (Å²) < 4.78 is 0. The van der Waals surface area contributed by atoms with Crippen LogP contribution in [-0.2, 0) is 69.1 Å². The number of hydrogen-bond acceptors (Lipinski definition) is 0. The zero-order valence-electron chi connectivity index (χ0n) is 1.30. The van der Waals surface area contributed by atoms with Crippen LogP contribution in [0.2, 0.25) is 0 Å². The summed E-state index contributed by atoms with van der Waals surface area (Å²) >= 11 is 0. The molecule has 4 heavy (non-hydrogen) atoms. The van der Waals surface area contributed by atoms with Crippen molar-refractivity contribution >= 4 is 11.0 Å². The zero-order valence-corrected chi connectivity index (χ0v) is 8.29. The van der Waals surface area contributed by atoms with Crippen molar-refractivity contribution in [3.63, 3.8) is 0 Å². The Bertz CT molecular complexity index is 8.00. The molecule has 0 amide bonds. The van der Waals surface area contributed by atoms with Crippen molar-refractivity contribution < 1.29 is 69.1 Å². The van der Waals surface area contributed by atoms with Gasteiger partial charge >= 0.3 is 0 Å². The molecule has 0 aromatic carbocycles. The van der Waals surface area contributed by atoms with Crippen molar-refractivity contribution in [2.24, 2.45) is 0 Å². The second-order valence-electron chi connectivity index (χ2n) is 0. The minimum atomic E-state index is 0. The van der Waals surface area contributed by atoms with Gasteiger partial charge in [-0.05, 0) is 11.0 Å². The fourth-order valence-corrected chi connectivity index (χ4v) is 0. The van der Waals surface area contributed by atoms with E-state index in [1.165, 1.54) is 0 Å². The summed E-state index contributed by atoms with van der Waals surface area (Å²) in [4.78, 5) is 0. The Morgan fingerprint density at radius 2 is 1.00 bits per heavy atom. The predicted molar refractivity (Wildman–Crippen MR) is 11.3 cm³/mol. The van der Waals surface area contributed by atoms with Crippen LogP contribution in [0, 0.1) is 0 Å². The molecule has 0 heterocycles. The molecule has 0 bridgehead atoms. The standard InChI is InChI=1S/Cu.Hf.H4Si.Zr/h;;1H4;. The fraction of sp³-hybridized carbons (Fsp3) is 0. The third kappa shape index (κ3) is 8.82.